The monoisotopic (exact) mass is 278 g/mol. The fourth-order valence-electron chi connectivity index (χ4n) is 1.68. The van der Waals surface area contributed by atoms with Crippen molar-refractivity contribution in [1.82, 2.24) is 10.3 Å². The maximum atomic E-state index is 12.9. The number of amides is 1. The highest BCUT2D eigenvalue weighted by atomic mass is 35.5. The van der Waals surface area contributed by atoms with Gasteiger partial charge in [0.25, 0.3) is 5.91 Å². The Bertz CT molecular complexity index is 604. The van der Waals surface area contributed by atoms with Crippen LogP contribution in [-0.2, 0) is 0 Å². The predicted molar refractivity (Wildman–Crippen MR) is 71.5 cm³/mol. The Morgan fingerprint density at radius 3 is 2.84 bits per heavy atom. The molecule has 0 saturated carbocycles. The summed E-state index contributed by atoms with van der Waals surface area (Å²) in [6.45, 7) is 1.83. The summed E-state index contributed by atoms with van der Waals surface area (Å²) >= 11 is 5.89. The van der Waals surface area contributed by atoms with Crippen molar-refractivity contribution in [3.63, 3.8) is 0 Å². The van der Waals surface area contributed by atoms with E-state index in [9.17, 15) is 9.18 Å². The van der Waals surface area contributed by atoms with E-state index in [-0.39, 0.29) is 17.5 Å². The fraction of sp³-hybridized carbons (Fsp3) is 0.143. The number of rotatable bonds is 3. The SMILES string of the molecule is CC(NC(=O)c1ccnc(F)c1)c1cccc(Cl)c1. The topological polar surface area (TPSA) is 42.0 Å². The van der Waals surface area contributed by atoms with Crippen LogP contribution in [0.15, 0.2) is 42.6 Å². The maximum Gasteiger partial charge on any atom is 0.251 e. The van der Waals surface area contributed by atoms with Crippen LogP contribution in [0.1, 0.15) is 28.9 Å². The third-order valence-corrected chi connectivity index (χ3v) is 2.92. The van der Waals surface area contributed by atoms with Crippen molar-refractivity contribution < 1.29 is 9.18 Å². The lowest BCUT2D eigenvalue weighted by Gasteiger charge is -2.14. The predicted octanol–water partition coefficient (Wildman–Crippen LogP) is 3.37. The van der Waals surface area contributed by atoms with Gasteiger partial charge in [0.15, 0.2) is 0 Å². The molecule has 0 aliphatic heterocycles. The second-order valence-electron chi connectivity index (χ2n) is 4.12. The molecule has 0 saturated heterocycles. The number of hydrogen-bond donors (Lipinski definition) is 1. The standard InChI is InChI=1S/C14H12ClFN2O/c1-9(10-3-2-4-12(15)7-10)18-14(19)11-5-6-17-13(16)8-11/h2-9H,1H3,(H,18,19). The molecule has 0 aliphatic carbocycles. The minimum absolute atomic E-state index is 0.220. The number of nitrogens with one attached hydrogen (secondary N) is 1. The van der Waals surface area contributed by atoms with Crippen molar-refractivity contribution in [2.45, 2.75) is 13.0 Å². The van der Waals surface area contributed by atoms with E-state index >= 15 is 0 Å². The molecular formula is C14H12ClFN2O. The molecule has 1 amide bonds. The number of halogens is 2. The highest BCUT2D eigenvalue weighted by Crippen LogP contribution is 2.17. The number of hydrogen-bond acceptors (Lipinski definition) is 2. The summed E-state index contributed by atoms with van der Waals surface area (Å²) in [7, 11) is 0. The van der Waals surface area contributed by atoms with E-state index in [1.807, 2.05) is 19.1 Å². The summed E-state index contributed by atoms with van der Waals surface area (Å²) in [4.78, 5) is 15.3. The first kappa shape index (κ1) is 13.5. The molecule has 3 nitrogen and oxygen atoms in total. The Labute approximate surface area is 115 Å². The van der Waals surface area contributed by atoms with Crippen LogP contribution in [0.25, 0.3) is 0 Å². The minimum atomic E-state index is -0.678. The van der Waals surface area contributed by atoms with Gasteiger partial charge in [-0.1, -0.05) is 23.7 Å². The molecule has 19 heavy (non-hydrogen) atoms. The van der Waals surface area contributed by atoms with E-state index in [1.54, 1.807) is 12.1 Å². The van der Waals surface area contributed by atoms with Gasteiger partial charge in [-0.15, -0.1) is 0 Å². The van der Waals surface area contributed by atoms with Gasteiger partial charge >= 0.3 is 0 Å². The second-order valence-corrected chi connectivity index (χ2v) is 4.55. The largest absolute Gasteiger partial charge is 0.346 e. The fourth-order valence-corrected chi connectivity index (χ4v) is 1.88. The Morgan fingerprint density at radius 2 is 2.16 bits per heavy atom. The maximum absolute atomic E-state index is 12.9. The summed E-state index contributed by atoms with van der Waals surface area (Å²) in [6, 6.07) is 9.55. The highest BCUT2D eigenvalue weighted by Gasteiger charge is 2.12. The first-order valence-electron chi connectivity index (χ1n) is 5.74. The van der Waals surface area contributed by atoms with Crippen molar-refractivity contribution >= 4 is 17.5 Å². The summed E-state index contributed by atoms with van der Waals surface area (Å²) < 4.78 is 12.9. The van der Waals surface area contributed by atoms with E-state index in [4.69, 9.17) is 11.6 Å². The number of pyridine rings is 1. The van der Waals surface area contributed by atoms with E-state index in [0.717, 1.165) is 11.6 Å². The number of carbonyl (C=O) groups excluding carboxylic acids is 1. The van der Waals surface area contributed by atoms with Crippen LogP contribution < -0.4 is 5.32 Å². The molecule has 5 heteroatoms. The molecule has 0 bridgehead atoms. The van der Waals surface area contributed by atoms with Gasteiger partial charge in [0.2, 0.25) is 5.95 Å². The molecule has 1 N–H and O–H groups in total. The lowest BCUT2D eigenvalue weighted by molar-refractivity contribution is 0.0939. The number of nitrogens with zero attached hydrogens (tertiary/aromatic N) is 1. The Hall–Kier alpha value is -1.94. The van der Waals surface area contributed by atoms with Crippen LogP contribution in [-0.4, -0.2) is 10.9 Å². The van der Waals surface area contributed by atoms with Gasteiger partial charge in [0.05, 0.1) is 6.04 Å². The normalized spacial score (nSPS) is 11.9. The van der Waals surface area contributed by atoms with Gasteiger partial charge in [-0.3, -0.25) is 4.79 Å². The van der Waals surface area contributed by atoms with Crippen LogP contribution in [0.2, 0.25) is 5.02 Å². The Morgan fingerprint density at radius 1 is 1.37 bits per heavy atom. The van der Waals surface area contributed by atoms with Gasteiger partial charge in [-0.25, -0.2) is 4.98 Å². The second kappa shape index (κ2) is 5.80. The van der Waals surface area contributed by atoms with E-state index in [1.165, 1.54) is 12.3 Å². The number of carbonyl (C=O) groups is 1. The average Bonchev–Trinajstić information content (AvgIpc) is 2.38. The van der Waals surface area contributed by atoms with Crippen LogP contribution in [0.3, 0.4) is 0 Å². The summed E-state index contributed by atoms with van der Waals surface area (Å²) in [6.07, 6.45) is 1.26. The van der Waals surface area contributed by atoms with E-state index in [0.29, 0.717) is 5.02 Å². The molecule has 1 aromatic heterocycles. The van der Waals surface area contributed by atoms with Gasteiger partial charge in [-0.05, 0) is 30.7 Å². The van der Waals surface area contributed by atoms with Crippen molar-refractivity contribution in [1.29, 1.82) is 0 Å². The third-order valence-electron chi connectivity index (χ3n) is 2.69. The lowest BCUT2D eigenvalue weighted by atomic mass is 10.1. The Kier molecular flexibility index (Phi) is 4.12. The molecular weight excluding hydrogens is 267 g/mol. The van der Waals surface area contributed by atoms with Crippen molar-refractivity contribution in [3.05, 3.63) is 64.7 Å². The zero-order valence-corrected chi connectivity index (χ0v) is 11.0. The van der Waals surface area contributed by atoms with Crippen LogP contribution in [0, 0.1) is 5.95 Å². The van der Waals surface area contributed by atoms with Crippen molar-refractivity contribution in [2.75, 3.05) is 0 Å². The molecule has 1 aromatic carbocycles. The van der Waals surface area contributed by atoms with Gasteiger partial charge < -0.3 is 5.32 Å². The van der Waals surface area contributed by atoms with Gasteiger partial charge in [0, 0.05) is 22.8 Å². The molecule has 2 rings (SSSR count). The molecule has 1 heterocycles. The van der Waals surface area contributed by atoms with Crippen LogP contribution in [0.5, 0.6) is 0 Å². The first-order chi connectivity index (χ1) is 9.06. The van der Waals surface area contributed by atoms with E-state index < -0.39 is 5.95 Å². The third kappa shape index (κ3) is 3.51. The summed E-state index contributed by atoms with van der Waals surface area (Å²) in [5, 5.41) is 3.38. The summed E-state index contributed by atoms with van der Waals surface area (Å²) in [5.41, 5.74) is 1.12. The van der Waals surface area contributed by atoms with Gasteiger partial charge in [-0.2, -0.15) is 4.39 Å². The molecule has 98 valence electrons. The molecule has 1 atom stereocenters. The number of benzene rings is 1. The van der Waals surface area contributed by atoms with Crippen molar-refractivity contribution in [3.8, 4) is 0 Å². The highest BCUT2D eigenvalue weighted by molar-refractivity contribution is 6.30. The molecule has 1 unspecified atom stereocenters. The average molecular weight is 279 g/mol. The van der Waals surface area contributed by atoms with Crippen LogP contribution >= 0.6 is 11.6 Å². The molecule has 2 aromatic rings. The quantitative estimate of drug-likeness (QED) is 0.875. The minimum Gasteiger partial charge on any atom is -0.346 e. The van der Waals surface area contributed by atoms with Gasteiger partial charge in [0.1, 0.15) is 0 Å². The molecule has 0 fully saturated rings. The van der Waals surface area contributed by atoms with Crippen LogP contribution in [0.4, 0.5) is 4.39 Å². The molecule has 0 radical (unpaired) electrons. The first-order valence-corrected chi connectivity index (χ1v) is 6.12. The Balaban J connectivity index is 2.11. The number of aromatic nitrogens is 1. The zero-order valence-electron chi connectivity index (χ0n) is 10.2. The smallest absolute Gasteiger partial charge is 0.251 e. The van der Waals surface area contributed by atoms with E-state index in [2.05, 4.69) is 10.3 Å². The lowest BCUT2D eigenvalue weighted by Crippen LogP contribution is -2.26. The zero-order chi connectivity index (χ0) is 13.8. The molecule has 0 spiro atoms. The summed E-state index contributed by atoms with van der Waals surface area (Å²) in [5.74, 6) is -1.03. The van der Waals surface area contributed by atoms with Crippen molar-refractivity contribution in [2.24, 2.45) is 0 Å². The molecule has 0 aliphatic rings.